The van der Waals surface area contributed by atoms with Gasteiger partial charge in [-0.15, -0.1) is 0 Å². The van der Waals surface area contributed by atoms with Crippen molar-refractivity contribution in [2.24, 2.45) is 0 Å². The number of rotatable bonds is 5. The lowest BCUT2D eigenvalue weighted by molar-refractivity contribution is 0.0590. The summed E-state index contributed by atoms with van der Waals surface area (Å²) in [6.45, 7) is 0.754. The number of carbonyl (C=O) groups is 1. The number of hydrogen-bond donors (Lipinski definition) is 0. The van der Waals surface area contributed by atoms with Crippen LogP contribution in [0.4, 0.5) is 0 Å². The highest BCUT2D eigenvalue weighted by Crippen LogP contribution is 2.18. The summed E-state index contributed by atoms with van der Waals surface area (Å²) in [6, 6.07) is 5.55. The third-order valence-electron chi connectivity index (χ3n) is 2.23. The molecule has 0 radical (unpaired) electrons. The molecule has 0 N–H and O–H groups in total. The molecule has 0 bridgehead atoms. The topological polar surface area (TPSA) is 44.8 Å². The quantitative estimate of drug-likeness (QED) is 0.715. The second-order valence-electron chi connectivity index (χ2n) is 3.31. The number of ether oxygens (including phenoxy) is 3. The summed E-state index contributed by atoms with van der Waals surface area (Å²) in [4.78, 5) is 11.7. The Morgan fingerprint density at radius 1 is 1.06 bits per heavy atom. The lowest BCUT2D eigenvalue weighted by atomic mass is 10.0. The highest BCUT2D eigenvalue weighted by molar-refractivity contribution is 5.92. The smallest absolute Gasteiger partial charge is 0.338 e. The number of esters is 1. The first-order chi connectivity index (χ1) is 7.74. The molecule has 0 aromatic heterocycles. The largest absolute Gasteiger partial charge is 0.465 e. The van der Waals surface area contributed by atoms with Crippen molar-refractivity contribution < 1.29 is 19.0 Å². The van der Waals surface area contributed by atoms with Crippen LogP contribution in [0.15, 0.2) is 18.2 Å². The second-order valence-corrected chi connectivity index (χ2v) is 3.31. The summed E-state index contributed by atoms with van der Waals surface area (Å²) in [7, 11) is 4.54. The summed E-state index contributed by atoms with van der Waals surface area (Å²) in [5.41, 5.74) is 2.15. The van der Waals surface area contributed by atoms with Crippen molar-refractivity contribution in [2.75, 3.05) is 21.3 Å². The van der Waals surface area contributed by atoms with Crippen LogP contribution in [0.3, 0.4) is 0 Å². The maximum atomic E-state index is 11.7. The first-order valence-corrected chi connectivity index (χ1v) is 4.91. The fourth-order valence-electron chi connectivity index (χ4n) is 1.57. The third kappa shape index (κ3) is 2.81. The molecule has 0 heterocycles. The Kier molecular flexibility index (Phi) is 4.95. The molecular weight excluding hydrogens is 208 g/mol. The van der Waals surface area contributed by atoms with E-state index >= 15 is 0 Å². The standard InChI is InChI=1S/C12H16O4/c1-14-7-9-5-4-6-10(8-15-2)11(9)12(13)16-3/h4-6H,7-8H2,1-3H3. The molecule has 0 amide bonds. The van der Waals surface area contributed by atoms with Crippen LogP contribution in [0.25, 0.3) is 0 Å². The van der Waals surface area contributed by atoms with Crippen molar-refractivity contribution in [3.05, 3.63) is 34.9 Å². The lowest BCUT2D eigenvalue weighted by Crippen LogP contribution is -2.11. The molecule has 0 spiro atoms. The molecule has 0 saturated carbocycles. The van der Waals surface area contributed by atoms with E-state index < -0.39 is 0 Å². The summed E-state index contributed by atoms with van der Waals surface area (Å²) < 4.78 is 14.9. The summed E-state index contributed by atoms with van der Waals surface area (Å²) in [5, 5.41) is 0. The molecule has 0 aliphatic heterocycles. The SMILES string of the molecule is COCc1cccc(COC)c1C(=O)OC. The minimum Gasteiger partial charge on any atom is -0.465 e. The molecule has 1 rings (SSSR count). The monoisotopic (exact) mass is 224 g/mol. The predicted molar refractivity (Wildman–Crippen MR) is 59.2 cm³/mol. The molecule has 0 aliphatic rings. The molecule has 0 saturated heterocycles. The number of methoxy groups -OCH3 is 3. The molecular formula is C12H16O4. The van der Waals surface area contributed by atoms with Gasteiger partial charge in [0, 0.05) is 14.2 Å². The van der Waals surface area contributed by atoms with Crippen LogP contribution in [0, 0.1) is 0 Å². The minimum atomic E-state index is -0.361. The van der Waals surface area contributed by atoms with Crippen molar-refractivity contribution in [2.45, 2.75) is 13.2 Å². The number of benzene rings is 1. The molecule has 88 valence electrons. The van der Waals surface area contributed by atoms with Gasteiger partial charge in [0.25, 0.3) is 0 Å². The molecule has 0 aliphatic carbocycles. The Labute approximate surface area is 95.1 Å². The van der Waals surface area contributed by atoms with Gasteiger partial charge in [0.1, 0.15) is 0 Å². The zero-order chi connectivity index (χ0) is 12.0. The third-order valence-corrected chi connectivity index (χ3v) is 2.23. The fraction of sp³-hybridized carbons (Fsp3) is 0.417. The molecule has 1 aromatic rings. The van der Waals surface area contributed by atoms with Crippen molar-refractivity contribution in [1.82, 2.24) is 0 Å². The molecule has 0 atom stereocenters. The Bertz CT molecular complexity index is 336. The van der Waals surface area contributed by atoms with Gasteiger partial charge >= 0.3 is 5.97 Å². The highest BCUT2D eigenvalue weighted by Gasteiger charge is 2.16. The van der Waals surface area contributed by atoms with Crippen molar-refractivity contribution >= 4 is 5.97 Å². The van der Waals surface area contributed by atoms with Crippen molar-refractivity contribution in [3.63, 3.8) is 0 Å². The van der Waals surface area contributed by atoms with Gasteiger partial charge in [0.05, 0.1) is 25.9 Å². The zero-order valence-corrected chi connectivity index (χ0v) is 9.78. The van der Waals surface area contributed by atoms with Gasteiger partial charge < -0.3 is 14.2 Å². The maximum Gasteiger partial charge on any atom is 0.338 e. The maximum absolute atomic E-state index is 11.7. The molecule has 4 heteroatoms. The zero-order valence-electron chi connectivity index (χ0n) is 9.78. The molecule has 16 heavy (non-hydrogen) atoms. The van der Waals surface area contributed by atoms with E-state index in [0.717, 1.165) is 11.1 Å². The van der Waals surface area contributed by atoms with Gasteiger partial charge in [-0.2, -0.15) is 0 Å². The van der Waals surface area contributed by atoms with E-state index in [1.54, 1.807) is 14.2 Å². The van der Waals surface area contributed by atoms with Gasteiger partial charge in [-0.25, -0.2) is 4.79 Å². The number of carbonyl (C=O) groups excluding carboxylic acids is 1. The van der Waals surface area contributed by atoms with Crippen molar-refractivity contribution in [1.29, 1.82) is 0 Å². The van der Waals surface area contributed by atoms with E-state index in [2.05, 4.69) is 0 Å². The van der Waals surface area contributed by atoms with Crippen LogP contribution in [0.1, 0.15) is 21.5 Å². The predicted octanol–water partition coefficient (Wildman–Crippen LogP) is 1.77. The first kappa shape index (κ1) is 12.7. The van der Waals surface area contributed by atoms with Crippen LogP contribution in [0.2, 0.25) is 0 Å². The van der Waals surface area contributed by atoms with E-state index in [0.29, 0.717) is 18.8 Å². The summed E-state index contributed by atoms with van der Waals surface area (Å²) in [5.74, 6) is -0.361. The number of hydrogen-bond acceptors (Lipinski definition) is 4. The average Bonchev–Trinajstić information content (AvgIpc) is 2.29. The van der Waals surface area contributed by atoms with Crippen LogP contribution >= 0.6 is 0 Å². The molecule has 1 aromatic carbocycles. The Morgan fingerprint density at radius 2 is 1.56 bits per heavy atom. The van der Waals surface area contributed by atoms with E-state index in [9.17, 15) is 4.79 Å². The Morgan fingerprint density at radius 3 is 1.94 bits per heavy atom. The van der Waals surface area contributed by atoms with E-state index in [-0.39, 0.29) is 5.97 Å². The fourth-order valence-corrected chi connectivity index (χ4v) is 1.57. The summed E-state index contributed by atoms with van der Waals surface area (Å²) in [6.07, 6.45) is 0. The second kappa shape index (κ2) is 6.25. The average molecular weight is 224 g/mol. The van der Waals surface area contributed by atoms with E-state index in [4.69, 9.17) is 14.2 Å². The van der Waals surface area contributed by atoms with Crippen molar-refractivity contribution in [3.8, 4) is 0 Å². The Hall–Kier alpha value is -1.39. The molecule has 0 fully saturated rings. The van der Waals surface area contributed by atoms with Gasteiger partial charge in [-0.05, 0) is 11.1 Å². The molecule has 4 nitrogen and oxygen atoms in total. The lowest BCUT2D eigenvalue weighted by Gasteiger charge is -2.11. The molecule has 0 unspecified atom stereocenters. The normalized spacial score (nSPS) is 10.2. The Balaban J connectivity index is 3.17. The first-order valence-electron chi connectivity index (χ1n) is 4.91. The van der Waals surface area contributed by atoms with Crippen LogP contribution in [-0.4, -0.2) is 27.3 Å². The van der Waals surface area contributed by atoms with Crippen LogP contribution in [-0.2, 0) is 27.4 Å². The summed E-state index contributed by atoms with van der Waals surface area (Å²) >= 11 is 0. The van der Waals surface area contributed by atoms with Crippen LogP contribution in [0.5, 0.6) is 0 Å². The minimum absolute atomic E-state index is 0.361. The van der Waals surface area contributed by atoms with E-state index in [1.807, 2.05) is 18.2 Å². The highest BCUT2D eigenvalue weighted by atomic mass is 16.5. The van der Waals surface area contributed by atoms with Gasteiger partial charge in [-0.3, -0.25) is 0 Å². The van der Waals surface area contributed by atoms with Gasteiger partial charge in [0.2, 0.25) is 0 Å². The van der Waals surface area contributed by atoms with Gasteiger partial charge in [-0.1, -0.05) is 18.2 Å². The van der Waals surface area contributed by atoms with E-state index in [1.165, 1.54) is 7.11 Å². The van der Waals surface area contributed by atoms with Crippen LogP contribution < -0.4 is 0 Å². The van der Waals surface area contributed by atoms with Gasteiger partial charge in [0.15, 0.2) is 0 Å².